The van der Waals surface area contributed by atoms with Crippen LogP contribution in [0.3, 0.4) is 0 Å². The normalized spacial score (nSPS) is 11.1. The molecule has 3 nitrogen and oxygen atoms in total. The van der Waals surface area contributed by atoms with Crippen LogP contribution in [0.2, 0.25) is 5.02 Å². The van der Waals surface area contributed by atoms with Crippen molar-refractivity contribution in [2.75, 3.05) is 12.4 Å². The molecule has 0 aliphatic rings. The SMILES string of the molecule is COc1ccc(NC(=O)C(C)(C)C)cc1Cl. The number of hydrogen-bond acceptors (Lipinski definition) is 2. The van der Waals surface area contributed by atoms with Crippen molar-refractivity contribution in [2.24, 2.45) is 5.41 Å². The molecule has 0 fully saturated rings. The maximum Gasteiger partial charge on any atom is 0.229 e. The molecule has 0 saturated carbocycles. The number of carbonyl (C=O) groups excluding carboxylic acids is 1. The smallest absolute Gasteiger partial charge is 0.229 e. The van der Waals surface area contributed by atoms with Gasteiger partial charge >= 0.3 is 0 Å². The summed E-state index contributed by atoms with van der Waals surface area (Å²) in [5.41, 5.74) is 0.248. The van der Waals surface area contributed by atoms with Crippen LogP contribution in [0.5, 0.6) is 5.75 Å². The lowest BCUT2D eigenvalue weighted by atomic mass is 9.95. The number of ether oxygens (including phenoxy) is 1. The van der Waals surface area contributed by atoms with Gasteiger partial charge in [-0.2, -0.15) is 0 Å². The zero-order valence-corrected chi connectivity index (χ0v) is 10.7. The number of carbonyl (C=O) groups is 1. The van der Waals surface area contributed by atoms with E-state index in [-0.39, 0.29) is 5.91 Å². The first kappa shape index (κ1) is 12.8. The maximum atomic E-state index is 11.7. The van der Waals surface area contributed by atoms with Crippen molar-refractivity contribution in [3.05, 3.63) is 23.2 Å². The standard InChI is InChI=1S/C12H16ClNO2/c1-12(2,3)11(15)14-8-5-6-10(16-4)9(13)7-8/h5-7H,1-4H3,(H,14,15). The van der Waals surface area contributed by atoms with Gasteiger partial charge in [-0.05, 0) is 18.2 Å². The van der Waals surface area contributed by atoms with Crippen LogP contribution in [0.4, 0.5) is 5.69 Å². The molecule has 1 N–H and O–H groups in total. The number of anilines is 1. The van der Waals surface area contributed by atoms with Crippen LogP contribution in [0.1, 0.15) is 20.8 Å². The zero-order valence-electron chi connectivity index (χ0n) is 9.93. The fraction of sp³-hybridized carbons (Fsp3) is 0.417. The second-order valence-corrected chi connectivity index (χ2v) is 4.96. The van der Waals surface area contributed by atoms with Crippen LogP contribution in [-0.2, 0) is 4.79 Å². The van der Waals surface area contributed by atoms with Gasteiger partial charge in [-0.3, -0.25) is 4.79 Å². The molecule has 0 heterocycles. The Kier molecular flexibility index (Phi) is 3.81. The third-order valence-electron chi connectivity index (χ3n) is 2.09. The van der Waals surface area contributed by atoms with Gasteiger partial charge in [0.2, 0.25) is 5.91 Å². The first-order valence-electron chi connectivity index (χ1n) is 4.99. The van der Waals surface area contributed by atoms with Crippen LogP contribution >= 0.6 is 11.6 Å². The molecule has 0 radical (unpaired) electrons. The minimum Gasteiger partial charge on any atom is -0.495 e. The lowest BCUT2D eigenvalue weighted by Crippen LogP contribution is -2.27. The van der Waals surface area contributed by atoms with Crippen LogP contribution < -0.4 is 10.1 Å². The van der Waals surface area contributed by atoms with Crippen LogP contribution in [0, 0.1) is 5.41 Å². The Labute approximate surface area is 101 Å². The lowest BCUT2D eigenvalue weighted by Gasteiger charge is -2.18. The maximum absolute atomic E-state index is 11.7. The molecule has 88 valence electrons. The van der Waals surface area contributed by atoms with E-state index in [0.29, 0.717) is 16.5 Å². The highest BCUT2D eigenvalue weighted by Crippen LogP contribution is 2.28. The fourth-order valence-corrected chi connectivity index (χ4v) is 1.32. The summed E-state index contributed by atoms with van der Waals surface area (Å²) in [6, 6.07) is 5.15. The van der Waals surface area contributed by atoms with Gasteiger partial charge in [-0.15, -0.1) is 0 Å². The molecule has 16 heavy (non-hydrogen) atoms. The summed E-state index contributed by atoms with van der Waals surface area (Å²) in [6.07, 6.45) is 0. The van der Waals surface area contributed by atoms with Crippen molar-refractivity contribution >= 4 is 23.2 Å². The Morgan fingerprint density at radius 2 is 2.00 bits per heavy atom. The summed E-state index contributed by atoms with van der Waals surface area (Å²) in [5, 5.41) is 3.28. The number of nitrogens with one attached hydrogen (secondary N) is 1. The number of amides is 1. The number of rotatable bonds is 2. The van der Waals surface area contributed by atoms with Gasteiger partial charge in [0.1, 0.15) is 5.75 Å². The Bertz CT molecular complexity index is 396. The minimum atomic E-state index is -0.424. The van der Waals surface area contributed by atoms with Gasteiger partial charge in [-0.1, -0.05) is 32.4 Å². The largest absolute Gasteiger partial charge is 0.495 e. The average Bonchev–Trinajstić information content (AvgIpc) is 2.16. The van der Waals surface area contributed by atoms with Gasteiger partial charge in [-0.25, -0.2) is 0 Å². The predicted molar refractivity (Wildman–Crippen MR) is 66.1 cm³/mol. The van der Waals surface area contributed by atoms with Crippen molar-refractivity contribution in [3.8, 4) is 5.75 Å². The Morgan fingerprint density at radius 3 is 2.44 bits per heavy atom. The zero-order chi connectivity index (χ0) is 12.3. The third-order valence-corrected chi connectivity index (χ3v) is 2.39. The molecule has 0 aromatic heterocycles. The van der Waals surface area contributed by atoms with E-state index < -0.39 is 5.41 Å². The van der Waals surface area contributed by atoms with E-state index in [4.69, 9.17) is 16.3 Å². The van der Waals surface area contributed by atoms with Crippen molar-refractivity contribution in [1.82, 2.24) is 0 Å². The molecule has 4 heteroatoms. The second kappa shape index (κ2) is 4.74. The summed E-state index contributed by atoms with van der Waals surface area (Å²) in [6.45, 7) is 5.56. The van der Waals surface area contributed by atoms with Gasteiger partial charge in [0.25, 0.3) is 0 Å². The van der Waals surface area contributed by atoms with E-state index in [1.165, 1.54) is 0 Å². The first-order valence-corrected chi connectivity index (χ1v) is 5.37. The third kappa shape index (κ3) is 3.14. The first-order chi connectivity index (χ1) is 7.34. The summed E-state index contributed by atoms with van der Waals surface area (Å²) in [4.78, 5) is 11.7. The summed E-state index contributed by atoms with van der Waals surface area (Å²) in [7, 11) is 1.55. The van der Waals surface area contributed by atoms with E-state index in [0.717, 1.165) is 0 Å². The monoisotopic (exact) mass is 241 g/mol. The van der Waals surface area contributed by atoms with Gasteiger partial charge in [0.05, 0.1) is 12.1 Å². The summed E-state index contributed by atoms with van der Waals surface area (Å²) < 4.78 is 5.03. The topological polar surface area (TPSA) is 38.3 Å². The highest BCUT2D eigenvalue weighted by atomic mass is 35.5. The second-order valence-electron chi connectivity index (χ2n) is 4.55. The van der Waals surface area contributed by atoms with Crippen LogP contribution in [-0.4, -0.2) is 13.0 Å². The fourth-order valence-electron chi connectivity index (χ4n) is 1.06. The van der Waals surface area contributed by atoms with Gasteiger partial charge in [0, 0.05) is 11.1 Å². The van der Waals surface area contributed by atoms with E-state index in [9.17, 15) is 4.79 Å². The molecule has 0 unspecified atom stereocenters. The van der Waals surface area contributed by atoms with E-state index in [1.54, 1.807) is 25.3 Å². The van der Waals surface area contributed by atoms with Gasteiger partial charge < -0.3 is 10.1 Å². The number of halogens is 1. The van der Waals surface area contributed by atoms with Crippen LogP contribution in [0.15, 0.2) is 18.2 Å². The predicted octanol–water partition coefficient (Wildman–Crippen LogP) is 3.33. The lowest BCUT2D eigenvalue weighted by molar-refractivity contribution is -0.123. The Hall–Kier alpha value is -1.22. The molecule has 0 saturated heterocycles. The number of methoxy groups -OCH3 is 1. The quantitative estimate of drug-likeness (QED) is 0.863. The highest BCUT2D eigenvalue weighted by molar-refractivity contribution is 6.32. The Morgan fingerprint density at radius 1 is 1.38 bits per heavy atom. The number of hydrogen-bond donors (Lipinski definition) is 1. The van der Waals surface area contributed by atoms with Crippen molar-refractivity contribution < 1.29 is 9.53 Å². The molecule has 0 spiro atoms. The van der Waals surface area contributed by atoms with Crippen LogP contribution in [0.25, 0.3) is 0 Å². The molecule has 0 atom stereocenters. The molecule has 0 bridgehead atoms. The molecular weight excluding hydrogens is 226 g/mol. The van der Waals surface area contributed by atoms with Gasteiger partial charge in [0.15, 0.2) is 0 Å². The molecule has 0 aliphatic carbocycles. The van der Waals surface area contributed by atoms with Crippen molar-refractivity contribution in [3.63, 3.8) is 0 Å². The van der Waals surface area contributed by atoms with Crippen molar-refractivity contribution in [2.45, 2.75) is 20.8 Å². The minimum absolute atomic E-state index is 0.0475. The summed E-state index contributed by atoms with van der Waals surface area (Å²) >= 11 is 5.95. The average molecular weight is 242 g/mol. The van der Waals surface area contributed by atoms with E-state index >= 15 is 0 Å². The van der Waals surface area contributed by atoms with Crippen molar-refractivity contribution in [1.29, 1.82) is 0 Å². The molecule has 1 rings (SSSR count). The molecule has 1 aromatic carbocycles. The molecule has 1 amide bonds. The number of benzene rings is 1. The highest BCUT2D eigenvalue weighted by Gasteiger charge is 2.21. The molecular formula is C12H16ClNO2. The molecule has 1 aromatic rings. The Balaban J connectivity index is 2.84. The van der Waals surface area contributed by atoms with E-state index in [2.05, 4.69) is 5.32 Å². The van der Waals surface area contributed by atoms with E-state index in [1.807, 2.05) is 20.8 Å². The molecule has 0 aliphatic heterocycles. The summed E-state index contributed by atoms with van der Waals surface area (Å²) in [5.74, 6) is 0.546.